The predicted molar refractivity (Wildman–Crippen MR) is 67.3 cm³/mol. The summed E-state index contributed by atoms with van der Waals surface area (Å²) in [5.74, 6) is -0.531. The van der Waals surface area contributed by atoms with Gasteiger partial charge in [0.1, 0.15) is 12.6 Å². The fourth-order valence-corrected chi connectivity index (χ4v) is 1.90. The lowest BCUT2D eigenvalue weighted by atomic mass is 10.1. The van der Waals surface area contributed by atoms with Crippen molar-refractivity contribution in [2.45, 2.75) is 6.10 Å². The lowest BCUT2D eigenvalue weighted by Gasteiger charge is -2.31. The Bertz CT molecular complexity index is 471. The van der Waals surface area contributed by atoms with Crippen molar-refractivity contribution in [1.29, 1.82) is 0 Å². The third-order valence-corrected chi connectivity index (χ3v) is 2.81. The number of hydrogen-bond acceptors (Lipinski definition) is 4. The summed E-state index contributed by atoms with van der Waals surface area (Å²) in [6.45, 7) is 0.0608. The molecule has 0 bridgehead atoms. The van der Waals surface area contributed by atoms with Crippen molar-refractivity contribution in [3.05, 3.63) is 24.3 Å². The number of nitrogens with zero attached hydrogens (tertiary/aromatic N) is 1. The molecule has 96 valence electrons. The van der Waals surface area contributed by atoms with Gasteiger partial charge in [0, 0.05) is 13.7 Å². The molecule has 6 heteroatoms. The predicted octanol–water partition coefficient (Wildman–Crippen LogP) is -0.0546. The largest absolute Gasteiger partial charge is 0.370 e. The first-order chi connectivity index (χ1) is 8.67. The van der Waals surface area contributed by atoms with Gasteiger partial charge < -0.3 is 15.8 Å². The average Bonchev–Trinajstić information content (AvgIpc) is 2.39. The number of rotatable bonds is 3. The second-order valence-corrected chi connectivity index (χ2v) is 3.95. The molecule has 0 saturated carbocycles. The molecule has 0 spiro atoms. The van der Waals surface area contributed by atoms with Gasteiger partial charge in [-0.05, 0) is 12.1 Å². The number of nitrogens with one attached hydrogen (secondary N) is 1. The molecule has 1 aromatic rings. The molecule has 6 nitrogen and oxygen atoms in total. The fourth-order valence-electron chi connectivity index (χ4n) is 1.90. The van der Waals surface area contributed by atoms with Gasteiger partial charge >= 0.3 is 0 Å². The van der Waals surface area contributed by atoms with E-state index >= 15 is 0 Å². The molecule has 1 heterocycles. The minimum Gasteiger partial charge on any atom is -0.370 e. The van der Waals surface area contributed by atoms with Crippen LogP contribution >= 0.6 is 0 Å². The van der Waals surface area contributed by atoms with Crippen molar-refractivity contribution in [3.63, 3.8) is 0 Å². The summed E-state index contributed by atoms with van der Waals surface area (Å²) in [5, 5.41) is 2.71. The number of nitrogens with two attached hydrogens (primary N) is 1. The smallest absolute Gasteiger partial charge is 0.257 e. The van der Waals surface area contributed by atoms with Gasteiger partial charge in [-0.1, -0.05) is 12.1 Å². The third kappa shape index (κ3) is 2.20. The van der Waals surface area contributed by atoms with Crippen LogP contribution in [-0.2, 0) is 14.3 Å². The van der Waals surface area contributed by atoms with Crippen LogP contribution in [0.25, 0.3) is 0 Å². The Morgan fingerprint density at radius 1 is 1.56 bits per heavy atom. The minimum absolute atomic E-state index is 0.0181. The van der Waals surface area contributed by atoms with E-state index in [1.54, 1.807) is 24.3 Å². The van der Waals surface area contributed by atoms with E-state index in [1.807, 2.05) is 0 Å². The van der Waals surface area contributed by atoms with Gasteiger partial charge in [0.2, 0.25) is 5.91 Å². The lowest BCUT2D eigenvalue weighted by molar-refractivity contribution is -0.129. The van der Waals surface area contributed by atoms with Gasteiger partial charge in [-0.2, -0.15) is 0 Å². The highest BCUT2D eigenvalue weighted by Crippen LogP contribution is 2.29. The van der Waals surface area contributed by atoms with Crippen LogP contribution in [0, 0.1) is 0 Å². The molecule has 2 rings (SSSR count). The van der Waals surface area contributed by atoms with Crippen molar-refractivity contribution >= 4 is 23.2 Å². The maximum Gasteiger partial charge on any atom is 0.257 e. The molecule has 1 aliphatic rings. The first-order valence-corrected chi connectivity index (χ1v) is 5.60. The van der Waals surface area contributed by atoms with E-state index in [9.17, 15) is 9.59 Å². The Balaban J connectivity index is 2.34. The van der Waals surface area contributed by atoms with Crippen LogP contribution < -0.4 is 16.0 Å². The first-order valence-electron chi connectivity index (χ1n) is 5.60. The zero-order valence-electron chi connectivity index (χ0n) is 10.1. The number of hydrogen-bond donors (Lipinski definition) is 2. The van der Waals surface area contributed by atoms with Crippen LogP contribution in [0.4, 0.5) is 11.4 Å². The number of amides is 2. The maximum absolute atomic E-state index is 12.2. The van der Waals surface area contributed by atoms with Crippen LogP contribution in [0.1, 0.15) is 0 Å². The van der Waals surface area contributed by atoms with Crippen LogP contribution in [-0.4, -0.2) is 38.1 Å². The molecule has 1 aliphatic heterocycles. The van der Waals surface area contributed by atoms with Crippen molar-refractivity contribution in [1.82, 2.24) is 0 Å². The van der Waals surface area contributed by atoms with Crippen molar-refractivity contribution in [2.75, 3.05) is 30.4 Å². The summed E-state index contributed by atoms with van der Waals surface area (Å²) in [6.07, 6.45) is -0.732. The molecule has 0 radical (unpaired) electrons. The molecule has 2 amide bonds. The highest BCUT2D eigenvalue weighted by molar-refractivity contribution is 6.11. The molecule has 3 N–H and O–H groups in total. The molecule has 1 aromatic carbocycles. The summed E-state index contributed by atoms with van der Waals surface area (Å²) in [6, 6.07) is 7.12. The van der Waals surface area contributed by atoms with Gasteiger partial charge in [0.15, 0.2) is 0 Å². The molecule has 18 heavy (non-hydrogen) atoms. The van der Waals surface area contributed by atoms with Gasteiger partial charge in [-0.3, -0.25) is 14.5 Å². The highest BCUT2D eigenvalue weighted by atomic mass is 16.5. The monoisotopic (exact) mass is 249 g/mol. The Morgan fingerprint density at radius 2 is 2.28 bits per heavy atom. The second kappa shape index (κ2) is 5.16. The number of carbonyl (C=O) groups excluding carboxylic acids is 2. The number of benzene rings is 1. The third-order valence-electron chi connectivity index (χ3n) is 2.81. The molecule has 0 aromatic heterocycles. The Kier molecular flexibility index (Phi) is 3.59. The summed E-state index contributed by atoms with van der Waals surface area (Å²) >= 11 is 0. The number of carbonyl (C=O) groups is 2. The average molecular weight is 249 g/mol. The minimum atomic E-state index is -0.732. The summed E-state index contributed by atoms with van der Waals surface area (Å²) < 4.78 is 5.02. The van der Waals surface area contributed by atoms with Gasteiger partial charge in [-0.15, -0.1) is 0 Å². The van der Waals surface area contributed by atoms with Crippen molar-refractivity contribution < 1.29 is 14.3 Å². The number of methoxy groups -OCH3 is 1. The molecular weight excluding hydrogens is 234 g/mol. The lowest BCUT2D eigenvalue weighted by Crippen LogP contribution is -2.49. The Morgan fingerprint density at radius 3 is 2.94 bits per heavy atom. The molecule has 0 saturated heterocycles. The summed E-state index contributed by atoms with van der Waals surface area (Å²) in [7, 11) is 1.42. The van der Waals surface area contributed by atoms with E-state index < -0.39 is 6.10 Å². The van der Waals surface area contributed by atoms with Crippen LogP contribution in [0.2, 0.25) is 0 Å². The van der Waals surface area contributed by atoms with E-state index in [0.717, 1.165) is 0 Å². The quantitative estimate of drug-likeness (QED) is 0.786. The Hall–Kier alpha value is -1.92. The first kappa shape index (κ1) is 12.5. The zero-order valence-corrected chi connectivity index (χ0v) is 10.1. The SMILES string of the molecule is COC(CN)C(=O)N1CC(=O)Nc2ccccc21. The summed E-state index contributed by atoms with van der Waals surface area (Å²) in [4.78, 5) is 25.2. The van der Waals surface area contributed by atoms with Gasteiger partial charge in [0.05, 0.1) is 11.4 Å². The van der Waals surface area contributed by atoms with Crippen molar-refractivity contribution in [2.24, 2.45) is 5.73 Å². The maximum atomic E-state index is 12.2. The number of anilines is 2. The van der Waals surface area contributed by atoms with E-state index in [2.05, 4.69) is 5.32 Å². The van der Waals surface area contributed by atoms with E-state index in [1.165, 1.54) is 12.0 Å². The number of ether oxygens (including phenoxy) is 1. The molecule has 0 fully saturated rings. The molecular formula is C12H15N3O3. The van der Waals surface area contributed by atoms with Gasteiger partial charge in [0.25, 0.3) is 5.91 Å². The van der Waals surface area contributed by atoms with Crippen LogP contribution in [0.15, 0.2) is 24.3 Å². The normalized spacial score (nSPS) is 15.9. The van der Waals surface area contributed by atoms with E-state index in [0.29, 0.717) is 11.4 Å². The zero-order chi connectivity index (χ0) is 13.1. The molecule has 1 unspecified atom stereocenters. The van der Waals surface area contributed by atoms with Crippen LogP contribution in [0.3, 0.4) is 0 Å². The summed E-state index contributed by atoms with van der Waals surface area (Å²) in [5.41, 5.74) is 6.76. The van der Waals surface area contributed by atoms with E-state index in [4.69, 9.17) is 10.5 Å². The fraction of sp³-hybridized carbons (Fsp3) is 0.333. The number of fused-ring (bicyclic) bond motifs is 1. The number of para-hydroxylation sites is 2. The highest BCUT2D eigenvalue weighted by Gasteiger charge is 2.30. The Labute approximate surface area is 105 Å². The topological polar surface area (TPSA) is 84.7 Å². The molecule has 1 atom stereocenters. The van der Waals surface area contributed by atoms with Crippen LogP contribution in [0.5, 0.6) is 0 Å². The second-order valence-electron chi connectivity index (χ2n) is 3.95. The van der Waals surface area contributed by atoms with Crippen molar-refractivity contribution in [3.8, 4) is 0 Å². The van der Waals surface area contributed by atoms with E-state index in [-0.39, 0.29) is 24.9 Å². The molecule has 0 aliphatic carbocycles. The standard InChI is InChI=1S/C12H15N3O3/c1-18-10(6-13)12(17)15-7-11(16)14-8-4-2-3-5-9(8)15/h2-5,10H,6-7,13H2,1H3,(H,14,16). The van der Waals surface area contributed by atoms with Gasteiger partial charge in [-0.25, -0.2) is 0 Å².